The van der Waals surface area contributed by atoms with Crippen LogP contribution in [0, 0.1) is 33.8 Å². The van der Waals surface area contributed by atoms with Gasteiger partial charge in [0.1, 0.15) is 5.69 Å². The van der Waals surface area contributed by atoms with E-state index >= 15 is 0 Å². The van der Waals surface area contributed by atoms with Gasteiger partial charge in [-0.1, -0.05) is 12.2 Å². The number of allylic oxidation sites excluding steroid dienone is 2. The van der Waals surface area contributed by atoms with Crippen LogP contribution in [0.4, 0.5) is 17.1 Å². The number of fused-ring (bicyclic) bond motifs is 5. The highest BCUT2D eigenvalue weighted by Gasteiger charge is 2.59. The van der Waals surface area contributed by atoms with Crippen molar-refractivity contribution in [2.24, 2.45) is 23.7 Å². The summed E-state index contributed by atoms with van der Waals surface area (Å²) in [6, 6.07) is 5.03. The Bertz CT molecular complexity index is 881. The predicted octanol–water partition coefficient (Wildman–Crippen LogP) is 3.29. The maximum atomic E-state index is 13.0. The van der Waals surface area contributed by atoms with E-state index in [1.807, 2.05) is 12.2 Å². The Labute approximate surface area is 163 Å². The maximum Gasteiger partial charge on any atom is 0.294 e. The van der Waals surface area contributed by atoms with E-state index in [0.29, 0.717) is 11.4 Å². The van der Waals surface area contributed by atoms with Crippen molar-refractivity contribution in [3.63, 3.8) is 0 Å². The number of piperidine rings is 1. The van der Waals surface area contributed by atoms with Crippen LogP contribution in [0.5, 0.6) is 0 Å². The molecule has 28 heavy (non-hydrogen) atoms. The number of benzene rings is 1. The lowest BCUT2D eigenvalue weighted by molar-refractivity contribution is -0.384. The second-order valence-electron chi connectivity index (χ2n) is 8.48. The first-order valence-electron chi connectivity index (χ1n) is 10.1. The number of anilines is 2. The summed E-state index contributed by atoms with van der Waals surface area (Å²) < 4.78 is 0. The van der Waals surface area contributed by atoms with Crippen molar-refractivity contribution in [2.75, 3.05) is 16.3 Å². The number of carbonyl (C=O) groups is 2. The summed E-state index contributed by atoms with van der Waals surface area (Å²) in [7, 11) is 0. The molecule has 5 rings (SSSR count). The monoisotopic (exact) mass is 381 g/mol. The van der Waals surface area contributed by atoms with E-state index in [-0.39, 0.29) is 47.2 Å². The lowest BCUT2D eigenvalue weighted by Gasteiger charge is -2.35. The van der Waals surface area contributed by atoms with E-state index in [1.54, 1.807) is 12.1 Å². The quantitative estimate of drug-likeness (QED) is 0.347. The standard InChI is InChI=1S/C21H23N3O4/c1-12-4-2-3-9-22(12)16-8-7-15(11-17(16)24(27)28)23-20(25)18-13-5-6-14(10-13)19(18)21(23)26/h5-8,11-14,18-19H,2-4,9-10H2,1H3. The van der Waals surface area contributed by atoms with Crippen LogP contribution in [-0.2, 0) is 9.59 Å². The number of nitro benzene ring substituents is 1. The fourth-order valence-corrected chi connectivity index (χ4v) is 5.65. The molecule has 1 saturated carbocycles. The third-order valence-corrected chi connectivity index (χ3v) is 7.00. The third-order valence-electron chi connectivity index (χ3n) is 7.00. The van der Waals surface area contributed by atoms with E-state index in [2.05, 4.69) is 11.8 Å². The summed E-state index contributed by atoms with van der Waals surface area (Å²) in [5.41, 5.74) is 0.857. The molecule has 5 atom stereocenters. The molecule has 2 heterocycles. The van der Waals surface area contributed by atoms with Gasteiger partial charge in [-0.05, 0) is 56.6 Å². The van der Waals surface area contributed by atoms with Crippen molar-refractivity contribution in [1.29, 1.82) is 0 Å². The zero-order valence-electron chi connectivity index (χ0n) is 15.8. The topological polar surface area (TPSA) is 83.8 Å². The van der Waals surface area contributed by atoms with Crippen molar-refractivity contribution < 1.29 is 14.5 Å². The number of amides is 2. The van der Waals surface area contributed by atoms with Crippen molar-refractivity contribution in [3.05, 3.63) is 40.5 Å². The maximum absolute atomic E-state index is 13.0. The number of carbonyl (C=O) groups excluding carboxylic acids is 2. The van der Waals surface area contributed by atoms with Gasteiger partial charge in [0.15, 0.2) is 0 Å². The van der Waals surface area contributed by atoms with Crippen molar-refractivity contribution >= 4 is 28.9 Å². The van der Waals surface area contributed by atoms with Crippen LogP contribution >= 0.6 is 0 Å². The van der Waals surface area contributed by atoms with E-state index in [9.17, 15) is 19.7 Å². The number of hydrogen-bond donors (Lipinski definition) is 0. The first kappa shape index (κ1) is 17.4. The highest BCUT2D eigenvalue weighted by Crippen LogP contribution is 2.53. The van der Waals surface area contributed by atoms with Crippen molar-refractivity contribution in [3.8, 4) is 0 Å². The molecule has 5 unspecified atom stereocenters. The molecule has 0 spiro atoms. The van der Waals surface area contributed by atoms with Crippen LogP contribution < -0.4 is 9.80 Å². The molecule has 1 aromatic rings. The normalized spacial score (nSPS) is 33.7. The lowest BCUT2D eigenvalue weighted by Crippen LogP contribution is -2.38. The van der Waals surface area contributed by atoms with E-state index < -0.39 is 4.92 Å². The van der Waals surface area contributed by atoms with Gasteiger partial charge in [-0.15, -0.1) is 0 Å². The zero-order chi connectivity index (χ0) is 19.6. The van der Waals surface area contributed by atoms with E-state index in [4.69, 9.17) is 0 Å². The fourth-order valence-electron chi connectivity index (χ4n) is 5.65. The highest BCUT2D eigenvalue weighted by molar-refractivity contribution is 6.23. The molecular weight excluding hydrogens is 358 g/mol. The average molecular weight is 381 g/mol. The molecular formula is C21H23N3O4. The van der Waals surface area contributed by atoms with Gasteiger partial charge in [0.25, 0.3) is 5.69 Å². The summed E-state index contributed by atoms with van der Waals surface area (Å²) in [6.45, 7) is 2.86. The van der Waals surface area contributed by atoms with Crippen molar-refractivity contribution in [2.45, 2.75) is 38.6 Å². The summed E-state index contributed by atoms with van der Waals surface area (Å²) in [6.07, 6.45) is 8.09. The van der Waals surface area contributed by atoms with Crippen LogP contribution in [-0.4, -0.2) is 29.3 Å². The molecule has 2 bridgehead atoms. The first-order chi connectivity index (χ1) is 13.5. The summed E-state index contributed by atoms with van der Waals surface area (Å²) >= 11 is 0. The van der Waals surface area contributed by atoms with Gasteiger partial charge in [-0.25, -0.2) is 4.90 Å². The molecule has 2 amide bonds. The summed E-state index contributed by atoms with van der Waals surface area (Å²) in [5.74, 6) is -0.771. The molecule has 146 valence electrons. The Hall–Kier alpha value is -2.70. The molecule has 7 nitrogen and oxygen atoms in total. The minimum Gasteiger partial charge on any atom is -0.363 e. The van der Waals surface area contributed by atoms with Gasteiger partial charge < -0.3 is 4.90 Å². The SMILES string of the molecule is CC1CCCCN1c1ccc(N2C(=O)C3C4C=CC(C4)C3C2=O)cc1[N+](=O)[O-]. The van der Waals surface area contributed by atoms with Gasteiger partial charge in [0.05, 0.1) is 22.4 Å². The molecule has 4 aliphatic rings. The number of nitro groups is 1. The van der Waals surface area contributed by atoms with Crippen LogP contribution in [0.3, 0.4) is 0 Å². The Kier molecular flexibility index (Phi) is 3.82. The molecule has 2 aliphatic heterocycles. The van der Waals surface area contributed by atoms with Gasteiger partial charge in [0.2, 0.25) is 11.8 Å². The minimum absolute atomic E-state index is 0.0370. The van der Waals surface area contributed by atoms with Crippen LogP contribution in [0.15, 0.2) is 30.4 Å². The Balaban J connectivity index is 1.51. The molecule has 7 heteroatoms. The Morgan fingerprint density at radius 1 is 1.07 bits per heavy atom. The van der Waals surface area contributed by atoms with Gasteiger partial charge >= 0.3 is 0 Å². The zero-order valence-corrected chi connectivity index (χ0v) is 15.8. The second-order valence-corrected chi connectivity index (χ2v) is 8.48. The van der Waals surface area contributed by atoms with E-state index in [0.717, 1.165) is 32.2 Å². The number of nitrogens with zero attached hydrogens (tertiary/aromatic N) is 3. The Morgan fingerprint density at radius 3 is 2.36 bits per heavy atom. The fraction of sp³-hybridized carbons (Fsp3) is 0.524. The number of imide groups is 1. The molecule has 0 aromatic heterocycles. The van der Waals surface area contributed by atoms with Crippen LogP contribution in [0.1, 0.15) is 32.6 Å². The number of rotatable bonds is 3. The highest BCUT2D eigenvalue weighted by atomic mass is 16.6. The molecule has 3 fully saturated rings. The lowest BCUT2D eigenvalue weighted by atomic mass is 9.85. The Morgan fingerprint density at radius 2 is 1.75 bits per heavy atom. The predicted molar refractivity (Wildman–Crippen MR) is 104 cm³/mol. The molecule has 2 saturated heterocycles. The largest absolute Gasteiger partial charge is 0.363 e. The summed E-state index contributed by atoms with van der Waals surface area (Å²) in [4.78, 5) is 40.6. The van der Waals surface area contributed by atoms with Crippen molar-refractivity contribution in [1.82, 2.24) is 0 Å². The smallest absolute Gasteiger partial charge is 0.294 e. The molecule has 2 aliphatic carbocycles. The summed E-state index contributed by atoms with van der Waals surface area (Å²) in [5, 5.41) is 11.8. The van der Waals surface area contributed by atoms with Gasteiger partial charge in [-0.3, -0.25) is 19.7 Å². The molecule has 0 N–H and O–H groups in total. The van der Waals surface area contributed by atoms with E-state index in [1.165, 1.54) is 11.0 Å². The molecule has 0 radical (unpaired) electrons. The van der Waals surface area contributed by atoms with Gasteiger partial charge in [0, 0.05) is 18.7 Å². The van der Waals surface area contributed by atoms with Crippen LogP contribution in [0.2, 0.25) is 0 Å². The van der Waals surface area contributed by atoms with Gasteiger partial charge in [-0.2, -0.15) is 0 Å². The average Bonchev–Trinajstić information content (AvgIpc) is 3.36. The first-order valence-corrected chi connectivity index (χ1v) is 10.1. The number of hydrogen-bond acceptors (Lipinski definition) is 5. The molecule has 1 aromatic carbocycles. The third kappa shape index (κ3) is 2.34. The second kappa shape index (κ2) is 6.15. The minimum atomic E-state index is -0.405. The van der Waals surface area contributed by atoms with Crippen LogP contribution in [0.25, 0.3) is 0 Å².